The van der Waals surface area contributed by atoms with Crippen LogP contribution in [0.1, 0.15) is 127 Å². The van der Waals surface area contributed by atoms with Crippen LogP contribution < -0.4 is 0 Å². The van der Waals surface area contributed by atoms with E-state index in [2.05, 4.69) is 40.7 Å². The zero-order valence-corrected chi connectivity index (χ0v) is 49.9. The summed E-state index contributed by atoms with van der Waals surface area (Å²) in [5.41, 5.74) is -2.32. The molecule has 9 aliphatic rings. The molecule has 0 aromatic heterocycles. The molecule has 4 heterocycles. The molecule has 0 aromatic carbocycles. The molecule has 0 bridgehead atoms. The molecule has 0 unspecified atom stereocenters. The molecule has 9 rings (SSSR count). The summed E-state index contributed by atoms with van der Waals surface area (Å²) in [5.74, 6) is -2.79. The number of aliphatic hydroxyl groups excluding tert-OH is 13. The minimum atomic E-state index is -2.26. The summed E-state index contributed by atoms with van der Waals surface area (Å²) in [5, 5.41) is 155. The van der Waals surface area contributed by atoms with E-state index in [0.29, 0.717) is 57.8 Å². The predicted molar refractivity (Wildman–Crippen MR) is 288 cm³/mol. The lowest BCUT2D eigenvalue weighted by atomic mass is 9.33. The number of carbonyl (C=O) groups is 2. The lowest BCUT2D eigenvalue weighted by molar-refractivity contribution is -0.406. The topological polar surface area (TPSA) is 400 Å². The van der Waals surface area contributed by atoms with Gasteiger partial charge in [0.15, 0.2) is 31.3 Å². The van der Waals surface area contributed by atoms with Crippen molar-refractivity contribution >= 4 is 11.9 Å². The molecule has 4 saturated heterocycles. The van der Waals surface area contributed by atoms with Gasteiger partial charge in [0, 0.05) is 0 Å². The Kier molecular flexibility index (Phi) is 19.1. The van der Waals surface area contributed by atoms with Crippen LogP contribution in [0, 0.1) is 56.2 Å². The van der Waals surface area contributed by atoms with Crippen molar-refractivity contribution in [3.63, 3.8) is 0 Å². The van der Waals surface area contributed by atoms with E-state index in [1.54, 1.807) is 0 Å². The quantitative estimate of drug-likeness (QED) is 0.0536. The second-order valence-corrected chi connectivity index (χ2v) is 28.3. The molecule has 8 fully saturated rings. The summed E-state index contributed by atoms with van der Waals surface area (Å²) in [4.78, 5) is 27.1. The third-order valence-corrected chi connectivity index (χ3v) is 22.8. The van der Waals surface area contributed by atoms with Gasteiger partial charge in [0.1, 0.15) is 91.6 Å². The molecule has 84 heavy (non-hydrogen) atoms. The first-order valence-corrected chi connectivity index (χ1v) is 30.2. The summed E-state index contributed by atoms with van der Waals surface area (Å²) in [6.45, 7) is 18.2. The number of aliphatic hydroxyl groups is 13. The van der Waals surface area contributed by atoms with E-state index in [1.165, 1.54) is 12.5 Å². The van der Waals surface area contributed by atoms with Crippen molar-refractivity contribution in [2.24, 2.45) is 56.2 Å². The van der Waals surface area contributed by atoms with E-state index >= 15 is 0 Å². The maximum Gasteiger partial charge on any atom is 0.335 e. The molecule has 0 radical (unpaired) electrons. The van der Waals surface area contributed by atoms with Crippen molar-refractivity contribution in [2.75, 3.05) is 19.8 Å². The number of ether oxygens (including phenoxy) is 9. The van der Waals surface area contributed by atoms with Gasteiger partial charge in [0.2, 0.25) is 0 Å². The van der Waals surface area contributed by atoms with E-state index in [9.17, 15) is 81.1 Å². The Morgan fingerprint density at radius 2 is 1.19 bits per heavy atom. The number of esters is 1. The van der Waals surface area contributed by atoms with Gasteiger partial charge in [-0.25, -0.2) is 4.79 Å². The van der Waals surface area contributed by atoms with Crippen molar-refractivity contribution in [3.05, 3.63) is 11.6 Å². The molecule has 25 nitrogen and oxygen atoms in total. The van der Waals surface area contributed by atoms with Crippen molar-refractivity contribution in [1.82, 2.24) is 0 Å². The molecule has 4 saturated carbocycles. The minimum Gasteiger partial charge on any atom is -0.479 e. The summed E-state index contributed by atoms with van der Waals surface area (Å²) >= 11 is 0. The maximum absolute atomic E-state index is 13.9. The first kappa shape index (κ1) is 66.3. The highest BCUT2D eigenvalue weighted by Crippen LogP contribution is 2.76. The molecule has 4 aliphatic heterocycles. The molecular formula is C59H96O25. The normalized spacial score (nSPS) is 52.1. The van der Waals surface area contributed by atoms with Gasteiger partial charge in [0.25, 0.3) is 0 Å². The molecule has 482 valence electrons. The zero-order chi connectivity index (χ0) is 61.9. The number of fused-ring (bicyclic) bond motifs is 7. The average Bonchev–Trinajstić information content (AvgIpc) is 0.685. The van der Waals surface area contributed by atoms with E-state index in [4.69, 9.17) is 42.6 Å². The molecule has 31 atom stereocenters. The van der Waals surface area contributed by atoms with Gasteiger partial charge in [-0.3, -0.25) is 4.79 Å². The summed E-state index contributed by atoms with van der Waals surface area (Å²) in [6, 6.07) is 0. The fourth-order valence-corrected chi connectivity index (χ4v) is 17.4. The van der Waals surface area contributed by atoms with Crippen LogP contribution >= 0.6 is 0 Å². The van der Waals surface area contributed by atoms with Crippen molar-refractivity contribution in [3.8, 4) is 0 Å². The lowest BCUT2D eigenvalue weighted by Crippen LogP contribution is -2.70. The van der Waals surface area contributed by atoms with Crippen LogP contribution in [-0.4, -0.2) is 244 Å². The highest BCUT2D eigenvalue weighted by molar-refractivity contribution is 5.73. The Balaban J connectivity index is 1.06. The van der Waals surface area contributed by atoms with Crippen LogP contribution in [0.3, 0.4) is 0 Å². The Labute approximate surface area is 490 Å². The molecule has 14 N–H and O–H groups in total. The van der Waals surface area contributed by atoms with Crippen LogP contribution in [0.2, 0.25) is 0 Å². The second kappa shape index (κ2) is 24.2. The van der Waals surface area contributed by atoms with Gasteiger partial charge in [-0.15, -0.1) is 0 Å². The maximum atomic E-state index is 13.9. The molecule has 25 heteroatoms. The molecular weight excluding hydrogens is 1110 g/mol. The van der Waals surface area contributed by atoms with Crippen molar-refractivity contribution in [1.29, 1.82) is 0 Å². The van der Waals surface area contributed by atoms with Gasteiger partial charge in [0.05, 0.1) is 49.5 Å². The van der Waals surface area contributed by atoms with Crippen LogP contribution in [-0.2, 0) is 52.2 Å². The number of aliphatic carboxylic acids is 1. The molecule has 0 amide bonds. The number of allylic oxidation sites excluding steroid dienone is 2. The number of hydrogen-bond acceptors (Lipinski definition) is 24. The SMILES string of the molecule is CC[C@H](C)C(=O)O[C@@H]1C[C@]2(C)C(=CC[C@@H]3[C@@]4(C)CC[C@H](O[C@@H]5O[C@H](C(=O)O)[C@@H](O)[C@H](O[C@@H]6O[C@H](CO)[C@H](O)[C@H](O)[C@H]6O[C@@H]6O[C@@H](C)[C@H](O)[C@@H](O)[C@H]6O)[C@H]5O[C@@H]5O[C@H](CO)[C@@H](O)[C@H](O)[C@H]5O)C(C)(C)[C@@H]4CC[C@]32C)[C@@H]2CC(C)(C)C[C@H](O)[C@]12CO. The van der Waals surface area contributed by atoms with Crippen LogP contribution in [0.4, 0.5) is 0 Å². The van der Waals surface area contributed by atoms with E-state index < -0.39 is 193 Å². The summed E-state index contributed by atoms with van der Waals surface area (Å²) < 4.78 is 55.8. The number of hydrogen-bond donors (Lipinski definition) is 14. The number of carbonyl (C=O) groups excluding carboxylic acids is 1. The van der Waals surface area contributed by atoms with Gasteiger partial charge in [-0.2, -0.15) is 0 Å². The number of carboxylic acid groups (broad SMARTS) is 1. The van der Waals surface area contributed by atoms with Gasteiger partial charge in [-0.05, 0) is 110 Å². The Bertz CT molecular complexity index is 2360. The summed E-state index contributed by atoms with van der Waals surface area (Å²) in [7, 11) is 0. The summed E-state index contributed by atoms with van der Waals surface area (Å²) in [6.07, 6.45) is -32.8. The van der Waals surface area contributed by atoms with Gasteiger partial charge >= 0.3 is 11.9 Å². The Morgan fingerprint density at radius 3 is 1.80 bits per heavy atom. The third kappa shape index (κ3) is 10.9. The average molecular weight is 1210 g/mol. The molecule has 0 aromatic rings. The Morgan fingerprint density at radius 1 is 0.619 bits per heavy atom. The smallest absolute Gasteiger partial charge is 0.335 e. The largest absolute Gasteiger partial charge is 0.479 e. The monoisotopic (exact) mass is 1200 g/mol. The molecule has 5 aliphatic carbocycles. The van der Waals surface area contributed by atoms with Crippen molar-refractivity contribution < 1.29 is 124 Å². The Hall–Kier alpha value is -2.16. The lowest BCUT2D eigenvalue weighted by Gasteiger charge is -2.72. The van der Waals surface area contributed by atoms with Crippen LogP contribution in [0.15, 0.2) is 11.6 Å². The first-order chi connectivity index (χ1) is 39.2. The predicted octanol–water partition coefficient (Wildman–Crippen LogP) is -0.903. The third-order valence-electron chi connectivity index (χ3n) is 22.8. The zero-order valence-electron chi connectivity index (χ0n) is 49.9. The van der Waals surface area contributed by atoms with E-state index in [1.807, 2.05) is 27.7 Å². The number of rotatable bonds is 15. The van der Waals surface area contributed by atoms with Crippen LogP contribution in [0.5, 0.6) is 0 Å². The number of carboxylic acids is 1. The first-order valence-electron chi connectivity index (χ1n) is 30.2. The van der Waals surface area contributed by atoms with Crippen LogP contribution in [0.25, 0.3) is 0 Å². The van der Waals surface area contributed by atoms with E-state index in [-0.39, 0.29) is 35.7 Å². The van der Waals surface area contributed by atoms with Crippen molar-refractivity contribution in [2.45, 2.75) is 268 Å². The highest BCUT2D eigenvalue weighted by atomic mass is 16.8. The minimum absolute atomic E-state index is 0.0447. The standard InChI is InChI=1S/C59H96O25/c1-11-24(2)49(75)79-34-20-58(10)26(27-18-54(4,5)19-32(63)59(27,34)23-62)12-13-31-56(8)16-15-33(55(6,7)30(56)14-17-57(31,58)9)80-53-47(84-51-42(71)39(68)36(65)28(21-60)77-51)44(43(72)45(82-53)48(73)74)81-52-46(40(69)37(66)29(22-61)78-52)83-50-41(70)38(67)35(64)25(3)76-50/h12,24-25,27-47,50-53,60-72H,11,13-23H2,1-10H3,(H,73,74)/t24-,25-,27-,28+,29+,30-,31+,32-,33-,34+,35-,36+,37-,38+,39-,40-,41+,42+,43-,44-,45-,46+,47+,50-,51-,52-,53+,56-,57+,58+,59+/m0/s1. The molecule has 0 spiro atoms. The fourth-order valence-electron chi connectivity index (χ4n) is 17.4. The fraction of sp³-hybridized carbons (Fsp3) is 0.932. The van der Waals surface area contributed by atoms with Gasteiger partial charge in [-0.1, -0.05) is 74.0 Å². The highest BCUT2D eigenvalue weighted by Gasteiger charge is 2.72. The second-order valence-electron chi connectivity index (χ2n) is 28.3. The van der Waals surface area contributed by atoms with E-state index in [0.717, 1.165) is 0 Å². The van der Waals surface area contributed by atoms with Gasteiger partial charge < -0.3 is 114 Å².